The van der Waals surface area contributed by atoms with Crippen molar-refractivity contribution < 1.29 is 4.39 Å². The zero-order valence-corrected chi connectivity index (χ0v) is 16.8. The molecular weight excluding hydrogens is 355 g/mol. The van der Waals surface area contributed by atoms with Gasteiger partial charge in [-0.05, 0) is 37.7 Å². The van der Waals surface area contributed by atoms with Crippen molar-refractivity contribution in [1.82, 2.24) is 14.9 Å². The smallest absolute Gasteiger partial charge is 0.134 e. The van der Waals surface area contributed by atoms with Gasteiger partial charge in [-0.25, -0.2) is 14.4 Å². The number of aromatic nitrogens is 2. The Morgan fingerprint density at radius 2 is 1.29 bits per heavy atom. The lowest BCUT2D eigenvalue weighted by Gasteiger charge is -2.38. The van der Waals surface area contributed by atoms with Gasteiger partial charge in [-0.15, -0.1) is 0 Å². The van der Waals surface area contributed by atoms with Gasteiger partial charge in [0.15, 0.2) is 0 Å². The summed E-state index contributed by atoms with van der Waals surface area (Å²) < 4.78 is 13.2. The SMILES string of the molecule is CCN1CCN(c2cc(N3CCN(c4ccc(F)cc4)CC3)nc(C)n2)CC1. The molecule has 2 saturated heterocycles. The predicted molar refractivity (Wildman–Crippen MR) is 112 cm³/mol. The van der Waals surface area contributed by atoms with Crippen molar-refractivity contribution in [2.24, 2.45) is 0 Å². The van der Waals surface area contributed by atoms with Crippen LogP contribution in [0.4, 0.5) is 21.7 Å². The molecule has 150 valence electrons. The van der Waals surface area contributed by atoms with Gasteiger partial charge in [-0.3, -0.25) is 0 Å². The molecule has 0 aliphatic carbocycles. The molecule has 1 aromatic heterocycles. The molecule has 3 heterocycles. The van der Waals surface area contributed by atoms with Crippen molar-refractivity contribution in [3.63, 3.8) is 0 Å². The maximum atomic E-state index is 13.2. The summed E-state index contributed by atoms with van der Waals surface area (Å²) in [5.74, 6) is 2.69. The van der Waals surface area contributed by atoms with E-state index in [0.717, 1.165) is 82.1 Å². The van der Waals surface area contributed by atoms with Crippen LogP contribution in [0.1, 0.15) is 12.7 Å². The third-order valence-corrected chi connectivity index (χ3v) is 5.75. The Hall–Kier alpha value is -2.41. The maximum Gasteiger partial charge on any atom is 0.134 e. The summed E-state index contributed by atoms with van der Waals surface area (Å²) in [6, 6.07) is 8.91. The summed E-state index contributed by atoms with van der Waals surface area (Å²) in [6.07, 6.45) is 0. The zero-order valence-electron chi connectivity index (χ0n) is 16.8. The number of rotatable bonds is 4. The Balaban J connectivity index is 1.42. The first kappa shape index (κ1) is 18.9. The third kappa shape index (κ3) is 4.19. The highest BCUT2D eigenvalue weighted by Gasteiger charge is 2.22. The molecule has 0 radical (unpaired) electrons. The molecule has 6 nitrogen and oxygen atoms in total. The molecule has 2 aliphatic rings. The van der Waals surface area contributed by atoms with Gasteiger partial charge in [0, 0.05) is 64.1 Å². The van der Waals surface area contributed by atoms with Crippen LogP contribution in [-0.4, -0.2) is 73.8 Å². The molecule has 0 amide bonds. The van der Waals surface area contributed by atoms with Crippen LogP contribution in [0.3, 0.4) is 0 Å². The first-order valence-corrected chi connectivity index (χ1v) is 10.2. The fourth-order valence-electron chi connectivity index (χ4n) is 4.00. The van der Waals surface area contributed by atoms with E-state index in [1.807, 2.05) is 19.1 Å². The fraction of sp³-hybridized carbons (Fsp3) is 0.524. The molecule has 0 unspecified atom stereocenters. The van der Waals surface area contributed by atoms with Crippen molar-refractivity contribution in [2.45, 2.75) is 13.8 Å². The minimum absolute atomic E-state index is 0.189. The molecule has 0 atom stereocenters. The van der Waals surface area contributed by atoms with E-state index in [-0.39, 0.29) is 5.82 Å². The lowest BCUT2D eigenvalue weighted by molar-refractivity contribution is 0.270. The van der Waals surface area contributed by atoms with Gasteiger partial charge in [-0.2, -0.15) is 0 Å². The molecule has 2 aliphatic heterocycles. The summed E-state index contributed by atoms with van der Waals surface area (Å²) >= 11 is 0. The summed E-state index contributed by atoms with van der Waals surface area (Å²) in [5, 5.41) is 0. The molecule has 1 aromatic carbocycles. The molecule has 4 rings (SSSR count). The van der Waals surface area contributed by atoms with Crippen LogP contribution >= 0.6 is 0 Å². The van der Waals surface area contributed by atoms with Gasteiger partial charge in [0.1, 0.15) is 23.3 Å². The van der Waals surface area contributed by atoms with Crippen LogP contribution in [0, 0.1) is 12.7 Å². The molecule has 0 N–H and O–H groups in total. The number of piperazine rings is 2. The van der Waals surface area contributed by atoms with Gasteiger partial charge < -0.3 is 19.6 Å². The van der Waals surface area contributed by atoms with Gasteiger partial charge in [-0.1, -0.05) is 6.92 Å². The average molecular weight is 385 g/mol. The molecule has 0 spiro atoms. The predicted octanol–water partition coefficient (Wildman–Crippen LogP) is 2.39. The van der Waals surface area contributed by atoms with Gasteiger partial charge in [0.05, 0.1) is 0 Å². The highest BCUT2D eigenvalue weighted by atomic mass is 19.1. The Labute approximate surface area is 166 Å². The van der Waals surface area contributed by atoms with E-state index in [1.54, 1.807) is 0 Å². The fourth-order valence-corrected chi connectivity index (χ4v) is 4.00. The van der Waals surface area contributed by atoms with E-state index in [4.69, 9.17) is 9.97 Å². The lowest BCUT2D eigenvalue weighted by atomic mass is 10.2. The highest BCUT2D eigenvalue weighted by Crippen LogP contribution is 2.23. The summed E-state index contributed by atoms with van der Waals surface area (Å²) in [6.45, 7) is 13.1. The van der Waals surface area contributed by atoms with Crippen molar-refractivity contribution in [3.05, 3.63) is 42.0 Å². The zero-order chi connectivity index (χ0) is 19.5. The highest BCUT2D eigenvalue weighted by molar-refractivity contribution is 5.54. The van der Waals surface area contributed by atoms with E-state index < -0.39 is 0 Å². The van der Waals surface area contributed by atoms with E-state index in [9.17, 15) is 4.39 Å². The average Bonchev–Trinajstić information content (AvgIpc) is 2.74. The Morgan fingerprint density at radius 1 is 0.786 bits per heavy atom. The van der Waals surface area contributed by atoms with Crippen molar-refractivity contribution >= 4 is 17.3 Å². The topological polar surface area (TPSA) is 38.7 Å². The Morgan fingerprint density at radius 3 is 1.82 bits per heavy atom. The minimum atomic E-state index is -0.189. The normalized spacial score (nSPS) is 18.6. The van der Waals surface area contributed by atoms with Crippen LogP contribution < -0.4 is 14.7 Å². The minimum Gasteiger partial charge on any atom is -0.368 e. The van der Waals surface area contributed by atoms with Gasteiger partial charge >= 0.3 is 0 Å². The van der Waals surface area contributed by atoms with E-state index in [1.165, 1.54) is 12.1 Å². The van der Waals surface area contributed by atoms with Gasteiger partial charge in [0.25, 0.3) is 0 Å². The molecule has 28 heavy (non-hydrogen) atoms. The number of anilines is 3. The third-order valence-electron chi connectivity index (χ3n) is 5.75. The molecule has 2 aromatic rings. The van der Waals surface area contributed by atoms with E-state index in [0.29, 0.717) is 0 Å². The van der Waals surface area contributed by atoms with Crippen LogP contribution in [-0.2, 0) is 0 Å². The number of aryl methyl sites for hydroxylation is 1. The molecule has 0 bridgehead atoms. The lowest BCUT2D eigenvalue weighted by Crippen LogP contribution is -2.47. The Bertz CT molecular complexity index is 780. The van der Waals surface area contributed by atoms with E-state index >= 15 is 0 Å². The number of nitrogens with zero attached hydrogens (tertiary/aromatic N) is 6. The number of likely N-dealkylation sites (N-methyl/N-ethyl adjacent to an activating group) is 1. The van der Waals surface area contributed by atoms with Crippen LogP contribution in [0.2, 0.25) is 0 Å². The van der Waals surface area contributed by atoms with Crippen molar-refractivity contribution in [1.29, 1.82) is 0 Å². The second-order valence-electron chi connectivity index (χ2n) is 7.50. The van der Waals surface area contributed by atoms with Crippen LogP contribution in [0.15, 0.2) is 30.3 Å². The van der Waals surface area contributed by atoms with Crippen LogP contribution in [0.5, 0.6) is 0 Å². The number of hydrogen-bond acceptors (Lipinski definition) is 6. The Kier molecular flexibility index (Phi) is 5.62. The summed E-state index contributed by atoms with van der Waals surface area (Å²) in [7, 11) is 0. The molecule has 7 heteroatoms. The summed E-state index contributed by atoms with van der Waals surface area (Å²) in [4.78, 5) is 18.9. The second kappa shape index (κ2) is 8.31. The summed E-state index contributed by atoms with van der Waals surface area (Å²) in [5.41, 5.74) is 1.08. The molecule has 0 saturated carbocycles. The quantitative estimate of drug-likeness (QED) is 0.806. The molecular formula is C21H29FN6. The maximum absolute atomic E-state index is 13.2. The molecule has 2 fully saturated rings. The van der Waals surface area contributed by atoms with E-state index in [2.05, 4.69) is 32.6 Å². The van der Waals surface area contributed by atoms with Crippen molar-refractivity contribution in [2.75, 3.05) is 73.6 Å². The van der Waals surface area contributed by atoms with Crippen LogP contribution in [0.25, 0.3) is 0 Å². The van der Waals surface area contributed by atoms with Gasteiger partial charge in [0.2, 0.25) is 0 Å². The monoisotopic (exact) mass is 384 g/mol. The second-order valence-corrected chi connectivity index (χ2v) is 7.50. The number of hydrogen-bond donors (Lipinski definition) is 0. The largest absolute Gasteiger partial charge is 0.368 e. The standard InChI is InChI=1S/C21H29FN6/c1-3-25-8-10-27(11-9-25)20-16-21(24-17(2)23-20)28-14-12-26(13-15-28)19-6-4-18(22)5-7-19/h4-7,16H,3,8-15H2,1-2H3. The first-order valence-electron chi connectivity index (χ1n) is 10.2. The number of halogens is 1. The van der Waals surface area contributed by atoms with Crippen molar-refractivity contribution in [3.8, 4) is 0 Å². The first-order chi connectivity index (χ1) is 13.6. The number of benzene rings is 1.